The number of hydrogen-bond acceptors (Lipinski definition) is 6. The fourth-order valence-electron chi connectivity index (χ4n) is 2.83. The molecule has 134 valence electrons. The molecule has 0 bridgehead atoms. The van der Waals surface area contributed by atoms with Crippen LogP contribution in [0.1, 0.15) is 54.2 Å². The van der Waals surface area contributed by atoms with E-state index in [1.54, 1.807) is 6.20 Å². The van der Waals surface area contributed by atoms with Crippen LogP contribution in [-0.2, 0) is 17.8 Å². The van der Waals surface area contributed by atoms with Crippen LogP contribution in [-0.4, -0.2) is 38.3 Å². The highest BCUT2D eigenvalue weighted by molar-refractivity contribution is 7.15. The van der Waals surface area contributed by atoms with E-state index in [0.29, 0.717) is 23.2 Å². The molecule has 8 nitrogen and oxygen atoms in total. The maximum atomic E-state index is 12.6. The molecule has 0 aliphatic carbocycles. The van der Waals surface area contributed by atoms with Crippen LogP contribution in [0.25, 0.3) is 0 Å². The lowest BCUT2D eigenvalue weighted by atomic mass is 9.94. The van der Waals surface area contributed by atoms with Crippen molar-refractivity contribution in [3.05, 3.63) is 22.5 Å². The second-order valence-electron chi connectivity index (χ2n) is 6.58. The first kappa shape index (κ1) is 17.5. The zero-order valence-electron chi connectivity index (χ0n) is 14.6. The first-order chi connectivity index (χ1) is 11.9. The van der Waals surface area contributed by atoms with Gasteiger partial charge in [-0.2, -0.15) is 5.10 Å². The zero-order valence-corrected chi connectivity index (χ0v) is 15.4. The van der Waals surface area contributed by atoms with Gasteiger partial charge < -0.3 is 5.32 Å². The highest BCUT2D eigenvalue weighted by atomic mass is 32.1. The Morgan fingerprint density at radius 2 is 2.20 bits per heavy atom. The molecule has 0 aromatic carbocycles. The quantitative estimate of drug-likeness (QED) is 0.844. The summed E-state index contributed by atoms with van der Waals surface area (Å²) < 4.78 is 1.87. The van der Waals surface area contributed by atoms with Gasteiger partial charge in [0.2, 0.25) is 11.0 Å². The molecular formula is C16H22N6O2S. The lowest BCUT2D eigenvalue weighted by molar-refractivity contribution is -0.119. The van der Waals surface area contributed by atoms with Crippen molar-refractivity contribution in [3.8, 4) is 0 Å². The molecule has 2 aromatic heterocycles. The molecule has 0 fully saturated rings. The number of amides is 2. The number of rotatable bonds is 5. The Morgan fingerprint density at radius 1 is 1.40 bits per heavy atom. The molecule has 1 aliphatic rings. The van der Waals surface area contributed by atoms with Crippen LogP contribution >= 0.6 is 11.3 Å². The second-order valence-corrected chi connectivity index (χ2v) is 7.59. The van der Waals surface area contributed by atoms with E-state index in [2.05, 4.69) is 25.9 Å². The highest BCUT2D eigenvalue weighted by Crippen LogP contribution is 2.25. The summed E-state index contributed by atoms with van der Waals surface area (Å²) >= 11 is 1.39. The number of aromatic nitrogens is 4. The van der Waals surface area contributed by atoms with Crippen LogP contribution in [0, 0.1) is 5.92 Å². The summed E-state index contributed by atoms with van der Waals surface area (Å²) in [5.74, 6) is 0.345. The van der Waals surface area contributed by atoms with Crippen LogP contribution < -0.4 is 10.6 Å². The molecule has 2 N–H and O–H groups in total. The molecule has 2 aromatic rings. The molecule has 1 aliphatic heterocycles. The Kier molecular flexibility index (Phi) is 5.12. The van der Waals surface area contributed by atoms with E-state index in [4.69, 9.17) is 0 Å². The summed E-state index contributed by atoms with van der Waals surface area (Å²) in [6.07, 6.45) is 3.26. The van der Waals surface area contributed by atoms with Gasteiger partial charge in [-0.15, -0.1) is 10.2 Å². The minimum atomic E-state index is -0.215. The average Bonchev–Trinajstić information content (AvgIpc) is 3.19. The number of anilines is 1. The molecule has 25 heavy (non-hydrogen) atoms. The summed E-state index contributed by atoms with van der Waals surface area (Å²) in [6.45, 7) is 6.96. The molecule has 0 spiro atoms. The standard InChI is InChI=1S/C16H22N6O2S/c1-9(2)15-20-21-16(25-15)19-14(24)12-8-18-22-5-4-11(6-13(12)22)7-17-10(3)23/h8-9,11H,4-7H2,1-3H3,(H,17,23)(H,19,21,24). The maximum absolute atomic E-state index is 12.6. The molecule has 1 unspecified atom stereocenters. The van der Waals surface area contributed by atoms with Crippen molar-refractivity contribution < 1.29 is 9.59 Å². The van der Waals surface area contributed by atoms with Gasteiger partial charge >= 0.3 is 0 Å². The van der Waals surface area contributed by atoms with Crippen molar-refractivity contribution in [1.29, 1.82) is 0 Å². The first-order valence-corrected chi connectivity index (χ1v) is 9.19. The first-order valence-electron chi connectivity index (χ1n) is 8.38. The van der Waals surface area contributed by atoms with Gasteiger partial charge in [-0.25, -0.2) is 0 Å². The summed E-state index contributed by atoms with van der Waals surface area (Å²) in [7, 11) is 0. The number of aryl methyl sites for hydroxylation is 1. The maximum Gasteiger partial charge on any atom is 0.260 e. The predicted octanol–water partition coefficient (Wildman–Crippen LogP) is 1.81. The average molecular weight is 362 g/mol. The number of carbonyl (C=O) groups excluding carboxylic acids is 2. The number of hydrogen-bond donors (Lipinski definition) is 2. The minimum Gasteiger partial charge on any atom is -0.356 e. The van der Waals surface area contributed by atoms with Gasteiger partial charge in [0.1, 0.15) is 5.01 Å². The van der Waals surface area contributed by atoms with E-state index in [1.807, 2.05) is 18.5 Å². The Hall–Kier alpha value is -2.29. The third-order valence-electron chi connectivity index (χ3n) is 4.22. The Balaban J connectivity index is 1.70. The molecule has 1 atom stereocenters. The Labute approximate surface area is 150 Å². The van der Waals surface area contributed by atoms with Crippen LogP contribution in [0.15, 0.2) is 6.20 Å². The fourth-order valence-corrected chi connectivity index (χ4v) is 3.57. The van der Waals surface area contributed by atoms with Crippen LogP contribution in [0.2, 0.25) is 0 Å². The van der Waals surface area contributed by atoms with E-state index in [-0.39, 0.29) is 17.7 Å². The summed E-state index contributed by atoms with van der Waals surface area (Å²) in [6, 6.07) is 0. The normalized spacial score (nSPS) is 16.6. The molecule has 0 saturated carbocycles. The van der Waals surface area contributed by atoms with Gasteiger partial charge in [0, 0.05) is 25.9 Å². The largest absolute Gasteiger partial charge is 0.356 e. The lowest BCUT2D eigenvalue weighted by Crippen LogP contribution is -2.32. The number of fused-ring (bicyclic) bond motifs is 1. The van der Waals surface area contributed by atoms with E-state index in [9.17, 15) is 9.59 Å². The highest BCUT2D eigenvalue weighted by Gasteiger charge is 2.26. The van der Waals surface area contributed by atoms with Crippen LogP contribution in [0.4, 0.5) is 5.13 Å². The fraction of sp³-hybridized carbons (Fsp3) is 0.562. The van der Waals surface area contributed by atoms with Crippen molar-refractivity contribution in [2.24, 2.45) is 5.92 Å². The van der Waals surface area contributed by atoms with E-state index in [0.717, 1.165) is 30.1 Å². The van der Waals surface area contributed by atoms with E-state index < -0.39 is 0 Å². The molecular weight excluding hydrogens is 340 g/mol. The van der Waals surface area contributed by atoms with Crippen molar-refractivity contribution >= 4 is 28.3 Å². The van der Waals surface area contributed by atoms with E-state index in [1.165, 1.54) is 18.3 Å². The zero-order chi connectivity index (χ0) is 18.0. The van der Waals surface area contributed by atoms with Gasteiger partial charge in [-0.05, 0) is 18.8 Å². The van der Waals surface area contributed by atoms with Crippen molar-refractivity contribution in [1.82, 2.24) is 25.3 Å². The molecule has 3 rings (SSSR count). The third-order valence-corrected chi connectivity index (χ3v) is 5.36. The van der Waals surface area contributed by atoms with Crippen molar-refractivity contribution in [2.75, 3.05) is 11.9 Å². The number of nitrogens with one attached hydrogen (secondary N) is 2. The summed E-state index contributed by atoms with van der Waals surface area (Å²) in [4.78, 5) is 23.7. The number of nitrogens with zero attached hydrogens (tertiary/aromatic N) is 4. The summed E-state index contributed by atoms with van der Waals surface area (Å²) in [5.41, 5.74) is 1.47. The monoisotopic (exact) mass is 362 g/mol. The Bertz CT molecular complexity index is 781. The van der Waals surface area contributed by atoms with Gasteiger partial charge in [0.15, 0.2) is 0 Å². The number of carbonyl (C=O) groups is 2. The lowest BCUT2D eigenvalue weighted by Gasteiger charge is -2.24. The minimum absolute atomic E-state index is 0.0331. The Morgan fingerprint density at radius 3 is 2.88 bits per heavy atom. The van der Waals surface area contributed by atoms with Crippen molar-refractivity contribution in [3.63, 3.8) is 0 Å². The topological polar surface area (TPSA) is 102 Å². The second kappa shape index (κ2) is 7.30. The van der Waals surface area contributed by atoms with Crippen LogP contribution in [0.5, 0.6) is 0 Å². The van der Waals surface area contributed by atoms with Gasteiger partial charge in [0.05, 0.1) is 17.5 Å². The van der Waals surface area contributed by atoms with Gasteiger partial charge in [0.25, 0.3) is 5.91 Å². The summed E-state index contributed by atoms with van der Waals surface area (Å²) in [5, 5.41) is 19.5. The van der Waals surface area contributed by atoms with Crippen molar-refractivity contribution in [2.45, 2.75) is 46.1 Å². The SMILES string of the molecule is CC(=O)NCC1CCn2ncc(C(=O)Nc3nnc(C(C)C)s3)c2C1. The van der Waals surface area contributed by atoms with Gasteiger partial charge in [-0.1, -0.05) is 25.2 Å². The molecule has 0 saturated heterocycles. The third kappa shape index (κ3) is 4.04. The molecule has 3 heterocycles. The van der Waals surface area contributed by atoms with Crippen LogP contribution in [0.3, 0.4) is 0 Å². The molecule has 2 amide bonds. The molecule has 9 heteroatoms. The predicted molar refractivity (Wildman–Crippen MR) is 94.7 cm³/mol. The van der Waals surface area contributed by atoms with Gasteiger partial charge in [-0.3, -0.25) is 19.6 Å². The molecule has 0 radical (unpaired) electrons. The van der Waals surface area contributed by atoms with E-state index >= 15 is 0 Å². The smallest absolute Gasteiger partial charge is 0.260 e.